The molecule has 0 fully saturated rings. The smallest absolute Gasteiger partial charge is 0.338 e. The monoisotopic (exact) mass is 492 g/mol. The lowest BCUT2D eigenvalue weighted by Crippen LogP contribution is -2.31. The van der Waals surface area contributed by atoms with Gasteiger partial charge in [0.05, 0.1) is 38.9 Å². The molecule has 3 aromatic rings. The molecule has 180 valence electrons. The summed E-state index contributed by atoms with van der Waals surface area (Å²) in [6.07, 6.45) is -0.328. The Morgan fingerprint density at radius 2 is 1.77 bits per heavy atom. The molecule has 2 heterocycles. The first-order valence-corrected chi connectivity index (χ1v) is 11.8. The Kier molecular flexibility index (Phi) is 6.45. The van der Waals surface area contributed by atoms with E-state index in [9.17, 15) is 24.6 Å². The van der Waals surface area contributed by atoms with Gasteiger partial charge in [-0.2, -0.15) is 0 Å². The van der Waals surface area contributed by atoms with E-state index >= 15 is 0 Å². The lowest BCUT2D eigenvalue weighted by atomic mass is 9.94. The number of nitrogens with zero attached hydrogens (tertiary/aromatic N) is 2. The third-order valence-electron chi connectivity index (χ3n) is 5.47. The number of anilines is 1. The van der Waals surface area contributed by atoms with E-state index in [1.165, 1.54) is 34.4 Å². The number of ketones is 1. The Labute approximate surface area is 206 Å². The van der Waals surface area contributed by atoms with Gasteiger partial charge in [0.1, 0.15) is 5.75 Å². The number of aryl methyl sites for hydroxylation is 2. The molecular formula is C26H24N2O6S. The number of rotatable bonds is 6. The maximum atomic E-state index is 13.6. The number of hydrogen-bond acceptors (Lipinski definition) is 8. The second kappa shape index (κ2) is 9.34. The number of hydrogen-bond donors (Lipinski definition) is 2. The molecule has 8 nitrogen and oxygen atoms in total. The van der Waals surface area contributed by atoms with Crippen molar-refractivity contribution >= 4 is 34.7 Å². The van der Waals surface area contributed by atoms with Gasteiger partial charge in [-0.3, -0.25) is 14.5 Å². The number of phenolic OH excluding ortho intramolecular Hbond substituents is 1. The van der Waals surface area contributed by atoms with Crippen molar-refractivity contribution in [1.82, 2.24) is 4.98 Å². The summed E-state index contributed by atoms with van der Waals surface area (Å²) in [6.45, 7) is 6.93. The van der Waals surface area contributed by atoms with Crippen LogP contribution in [-0.2, 0) is 9.53 Å². The summed E-state index contributed by atoms with van der Waals surface area (Å²) >= 11 is 1.18. The highest BCUT2D eigenvalue weighted by Crippen LogP contribution is 2.43. The number of carbonyl (C=O) groups is 3. The number of aliphatic hydroxyl groups excluding tert-OH is 1. The quantitative estimate of drug-likeness (QED) is 0.374. The molecule has 0 aliphatic carbocycles. The summed E-state index contributed by atoms with van der Waals surface area (Å²) in [5.41, 5.74) is 1.44. The Balaban J connectivity index is 1.85. The number of aliphatic hydroxyl groups is 1. The molecule has 9 heteroatoms. The van der Waals surface area contributed by atoms with Crippen molar-refractivity contribution in [1.29, 1.82) is 0 Å². The third kappa shape index (κ3) is 4.54. The molecule has 2 N–H and O–H groups in total. The van der Waals surface area contributed by atoms with Crippen LogP contribution >= 0.6 is 11.3 Å². The zero-order valence-electron chi connectivity index (χ0n) is 19.6. The van der Waals surface area contributed by atoms with E-state index in [1.54, 1.807) is 58.0 Å². The van der Waals surface area contributed by atoms with Gasteiger partial charge in [-0.25, -0.2) is 9.78 Å². The summed E-state index contributed by atoms with van der Waals surface area (Å²) in [7, 11) is 0. The first kappa shape index (κ1) is 24.2. The average molecular weight is 493 g/mol. The number of ether oxygens (including phenoxy) is 1. The van der Waals surface area contributed by atoms with Crippen molar-refractivity contribution in [2.24, 2.45) is 0 Å². The summed E-state index contributed by atoms with van der Waals surface area (Å²) in [4.78, 5) is 45.3. The van der Waals surface area contributed by atoms with Gasteiger partial charge < -0.3 is 14.9 Å². The van der Waals surface area contributed by atoms with Crippen LogP contribution in [0.1, 0.15) is 56.2 Å². The van der Waals surface area contributed by atoms with Gasteiger partial charge in [-0.1, -0.05) is 18.2 Å². The largest absolute Gasteiger partial charge is 0.508 e. The number of esters is 1. The molecule has 0 bridgehead atoms. The highest BCUT2D eigenvalue weighted by atomic mass is 32.1. The van der Waals surface area contributed by atoms with Crippen molar-refractivity contribution in [3.8, 4) is 5.75 Å². The van der Waals surface area contributed by atoms with Gasteiger partial charge in [0.15, 0.2) is 5.76 Å². The van der Waals surface area contributed by atoms with Gasteiger partial charge in [0.25, 0.3) is 5.91 Å². The van der Waals surface area contributed by atoms with Gasteiger partial charge in [0.2, 0.25) is 5.78 Å². The van der Waals surface area contributed by atoms with Crippen molar-refractivity contribution in [3.05, 3.63) is 86.6 Å². The van der Waals surface area contributed by atoms with E-state index in [0.717, 1.165) is 0 Å². The zero-order chi connectivity index (χ0) is 25.4. The molecule has 1 atom stereocenters. The van der Waals surface area contributed by atoms with Crippen LogP contribution in [0.5, 0.6) is 5.75 Å². The molecule has 0 radical (unpaired) electrons. The minimum atomic E-state index is -0.992. The number of aromatic nitrogens is 1. The van der Waals surface area contributed by atoms with Crippen LogP contribution in [0.25, 0.3) is 0 Å². The van der Waals surface area contributed by atoms with E-state index < -0.39 is 29.5 Å². The van der Waals surface area contributed by atoms with Gasteiger partial charge in [-0.15, -0.1) is 11.3 Å². The molecule has 4 rings (SSSR count). The number of aromatic hydroxyl groups is 1. The van der Waals surface area contributed by atoms with Crippen molar-refractivity contribution in [2.75, 3.05) is 4.90 Å². The van der Waals surface area contributed by atoms with Gasteiger partial charge in [0, 0.05) is 5.69 Å². The van der Waals surface area contributed by atoms with E-state index in [4.69, 9.17) is 4.74 Å². The predicted octanol–water partition coefficient (Wildman–Crippen LogP) is 4.81. The second-order valence-electron chi connectivity index (χ2n) is 8.41. The molecule has 1 amide bonds. The maximum Gasteiger partial charge on any atom is 0.338 e. The fraction of sp³-hybridized carbons (Fsp3) is 0.231. The molecule has 35 heavy (non-hydrogen) atoms. The maximum absolute atomic E-state index is 13.6. The number of benzene rings is 2. The Bertz CT molecular complexity index is 1360. The number of carbonyl (C=O) groups excluding carboxylic acids is 3. The van der Waals surface area contributed by atoms with Crippen molar-refractivity contribution in [2.45, 2.75) is 39.8 Å². The fourth-order valence-corrected chi connectivity index (χ4v) is 4.88. The zero-order valence-corrected chi connectivity index (χ0v) is 20.4. The van der Waals surface area contributed by atoms with Crippen LogP contribution in [0.15, 0.2) is 59.9 Å². The highest BCUT2D eigenvalue weighted by molar-refractivity contribution is 7.14. The Hall–Kier alpha value is -3.98. The topological polar surface area (TPSA) is 117 Å². The second-order valence-corrected chi connectivity index (χ2v) is 9.62. The van der Waals surface area contributed by atoms with Crippen molar-refractivity contribution < 1.29 is 29.3 Å². The number of phenols is 1. The minimum Gasteiger partial charge on any atom is -0.508 e. The van der Waals surface area contributed by atoms with E-state index in [2.05, 4.69) is 4.98 Å². The van der Waals surface area contributed by atoms with Crippen LogP contribution in [0.4, 0.5) is 5.69 Å². The number of Topliss-reactive ketones (excluding diaryl/α,β-unsaturated/α-hetero) is 1. The molecule has 1 aliphatic heterocycles. The lowest BCUT2D eigenvalue weighted by Gasteiger charge is -2.27. The van der Waals surface area contributed by atoms with Crippen LogP contribution in [0, 0.1) is 13.8 Å². The predicted molar refractivity (Wildman–Crippen MR) is 131 cm³/mol. The first-order chi connectivity index (χ1) is 16.6. The number of amides is 1. The van der Waals surface area contributed by atoms with E-state index in [-0.39, 0.29) is 23.0 Å². The fourth-order valence-electron chi connectivity index (χ4n) is 4.00. The SMILES string of the molecule is Cc1nc(C)c(C(=O)C2=C(O)C(=O)N(c3cccc(C(=O)OC(C)C)c3)C2c2ccc(O)cc2)s1. The molecule has 0 saturated carbocycles. The lowest BCUT2D eigenvalue weighted by molar-refractivity contribution is -0.117. The Morgan fingerprint density at radius 3 is 2.37 bits per heavy atom. The van der Waals surface area contributed by atoms with Crippen LogP contribution in [0.3, 0.4) is 0 Å². The van der Waals surface area contributed by atoms with E-state index in [0.29, 0.717) is 26.8 Å². The Morgan fingerprint density at radius 1 is 1.09 bits per heavy atom. The van der Waals surface area contributed by atoms with Crippen LogP contribution < -0.4 is 4.90 Å². The molecule has 0 saturated heterocycles. The first-order valence-electron chi connectivity index (χ1n) is 10.9. The van der Waals surface area contributed by atoms with Crippen LogP contribution in [-0.4, -0.2) is 39.0 Å². The number of thiazole rings is 1. The average Bonchev–Trinajstić information content (AvgIpc) is 3.28. The highest BCUT2D eigenvalue weighted by Gasteiger charge is 2.45. The summed E-state index contributed by atoms with van der Waals surface area (Å²) in [5, 5.41) is 21.4. The van der Waals surface area contributed by atoms with E-state index in [1.807, 2.05) is 0 Å². The van der Waals surface area contributed by atoms with Crippen molar-refractivity contribution in [3.63, 3.8) is 0 Å². The third-order valence-corrected chi connectivity index (χ3v) is 6.55. The molecule has 2 aromatic carbocycles. The summed E-state index contributed by atoms with van der Waals surface area (Å²) in [5.74, 6) is -2.50. The molecule has 1 aromatic heterocycles. The van der Waals surface area contributed by atoms with Gasteiger partial charge in [-0.05, 0) is 63.6 Å². The van der Waals surface area contributed by atoms with Crippen LogP contribution in [0.2, 0.25) is 0 Å². The summed E-state index contributed by atoms with van der Waals surface area (Å²) < 4.78 is 5.27. The summed E-state index contributed by atoms with van der Waals surface area (Å²) in [6, 6.07) is 11.3. The van der Waals surface area contributed by atoms with Gasteiger partial charge >= 0.3 is 5.97 Å². The molecule has 0 spiro atoms. The molecular weight excluding hydrogens is 468 g/mol. The molecule has 1 unspecified atom stereocenters. The standard InChI is InChI=1S/C26H24N2O6S/c1-13(2)34-26(33)17-6-5-7-18(12-17)28-21(16-8-10-19(29)11-9-16)20(23(31)25(28)32)22(30)24-14(3)27-15(4)35-24/h5-13,21,29,31H,1-4H3. The molecule has 1 aliphatic rings. The normalized spacial score (nSPS) is 15.7. The minimum absolute atomic E-state index is 0.0121.